The average Bonchev–Trinajstić information content (AvgIpc) is 2.39. The molecule has 1 heterocycles. The molecule has 0 aromatic heterocycles. The van der Waals surface area contributed by atoms with E-state index < -0.39 is 5.82 Å². The Morgan fingerprint density at radius 3 is 2.82 bits per heavy atom. The minimum Gasteiger partial charge on any atom is -0.313 e. The van der Waals surface area contributed by atoms with Crippen molar-refractivity contribution in [1.82, 2.24) is 5.32 Å². The first-order chi connectivity index (χ1) is 8.20. The van der Waals surface area contributed by atoms with Crippen LogP contribution < -0.4 is 5.32 Å². The number of piperidine rings is 1. The molecule has 17 heavy (non-hydrogen) atoms. The van der Waals surface area contributed by atoms with Crippen LogP contribution in [0.3, 0.4) is 0 Å². The Kier molecular flexibility index (Phi) is 3.89. The molecule has 1 aliphatic heterocycles. The number of halogens is 1. The fourth-order valence-corrected chi connectivity index (χ4v) is 2.39. The SMILES string of the molecule is CC(C(=O)c1ccccc1F)C1CCCCN1. The molecule has 0 spiro atoms. The summed E-state index contributed by atoms with van der Waals surface area (Å²) in [4.78, 5) is 12.2. The van der Waals surface area contributed by atoms with E-state index in [2.05, 4.69) is 5.32 Å². The van der Waals surface area contributed by atoms with Gasteiger partial charge in [0.05, 0.1) is 5.56 Å². The van der Waals surface area contributed by atoms with E-state index in [0.717, 1.165) is 25.8 Å². The van der Waals surface area contributed by atoms with Gasteiger partial charge in [0.15, 0.2) is 5.78 Å². The van der Waals surface area contributed by atoms with E-state index in [4.69, 9.17) is 0 Å². The number of ketones is 1. The molecule has 1 saturated heterocycles. The maximum atomic E-state index is 13.5. The second-order valence-electron chi connectivity index (χ2n) is 4.69. The van der Waals surface area contributed by atoms with Crippen LogP contribution in [0, 0.1) is 11.7 Å². The lowest BCUT2D eigenvalue weighted by atomic mass is 9.87. The van der Waals surface area contributed by atoms with Gasteiger partial charge in [0.1, 0.15) is 5.82 Å². The van der Waals surface area contributed by atoms with E-state index in [1.54, 1.807) is 18.2 Å². The van der Waals surface area contributed by atoms with Crippen LogP contribution >= 0.6 is 0 Å². The van der Waals surface area contributed by atoms with E-state index in [1.807, 2.05) is 6.92 Å². The molecule has 0 radical (unpaired) electrons. The molecular weight excluding hydrogens is 217 g/mol. The van der Waals surface area contributed by atoms with Crippen molar-refractivity contribution in [2.24, 2.45) is 5.92 Å². The number of carbonyl (C=O) groups is 1. The first-order valence-corrected chi connectivity index (χ1v) is 6.22. The van der Waals surface area contributed by atoms with Crippen LogP contribution in [0.25, 0.3) is 0 Å². The summed E-state index contributed by atoms with van der Waals surface area (Å²) in [5.41, 5.74) is 0.215. The highest BCUT2D eigenvalue weighted by molar-refractivity contribution is 5.98. The second-order valence-corrected chi connectivity index (χ2v) is 4.69. The molecule has 1 N–H and O–H groups in total. The number of benzene rings is 1. The minimum absolute atomic E-state index is 0.0949. The monoisotopic (exact) mass is 235 g/mol. The van der Waals surface area contributed by atoms with Crippen LogP contribution in [0.2, 0.25) is 0 Å². The third kappa shape index (κ3) is 2.72. The quantitative estimate of drug-likeness (QED) is 0.816. The van der Waals surface area contributed by atoms with Gasteiger partial charge >= 0.3 is 0 Å². The molecule has 0 saturated carbocycles. The van der Waals surface area contributed by atoms with Gasteiger partial charge in [-0.2, -0.15) is 0 Å². The first-order valence-electron chi connectivity index (χ1n) is 6.22. The number of Topliss-reactive ketones (excluding diaryl/α,β-unsaturated/α-hetero) is 1. The van der Waals surface area contributed by atoms with E-state index in [0.29, 0.717) is 0 Å². The van der Waals surface area contributed by atoms with Crippen LogP contribution in [-0.2, 0) is 0 Å². The van der Waals surface area contributed by atoms with Gasteiger partial charge in [-0.15, -0.1) is 0 Å². The van der Waals surface area contributed by atoms with Crippen LogP contribution in [0.5, 0.6) is 0 Å². The van der Waals surface area contributed by atoms with Gasteiger partial charge in [-0.05, 0) is 31.5 Å². The smallest absolute Gasteiger partial charge is 0.170 e. The van der Waals surface area contributed by atoms with Crippen molar-refractivity contribution in [3.63, 3.8) is 0 Å². The van der Waals surface area contributed by atoms with Crippen molar-refractivity contribution < 1.29 is 9.18 Å². The van der Waals surface area contributed by atoms with Crippen molar-refractivity contribution in [1.29, 1.82) is 0 Å². The molecule has 1 fully saturated rings. The summed E-state index contributed by atoms with van der Waals surface area (Å²) in [6, 6.07) is 6.41. The number of carbonyl (C=O) groups excluding carboxylic acids is 1. The zero-order valence-corrected chi connectivity index (χ0v) is 10.1. The third-order valence-electron chi connectivity index (χ3n) is 3.50. The number of rotatable bonds is 3. The Balaban J connectivity index is 2.11. The predicted octanol–water partition coefficient (Wildman–Crippen LogP) is 2.79. The van der Waals surface area contributed by atoms with Crippen molar-refractivity contribution in [3.05, 3.63) is 35.6 Å². The minimum atomic E-state index is -0.417. The molecule has 2 unspecified atom stereocenters. The van der Waals surface area contributed by atoms with Gasteiger partial charge in [0.25, 0.3) is 0 Å². The summed E-state index contributed by atoms with van der Waals surface area (Å²) >= 11 is 0. The maximum absolute atomic E-state index is 13.5. The van der Waals surface area contributed by atoms with E-state index in [9.17, 15) is 9.18 Å². The summed E-state index contributed by atoms with van der Waals surface area (Å²) in [6.07, 6.45) is 3.31. The van der Waals surface area contributed by atoms with Gasteiger partial charge in [-0.25, -0.2) is 4.39 Å². The predicted molar refractivity (Wildman–Crippen MR) is 65.5 cm³/mol. The Bertz CT molecular complexity index is 399. The summed E-state index contributed by atoms with van der Waals surface area (Å²) in [5, 5.41) is 3.35. The second kappa shape index (κ2) is 5.41. The lowest BCUT2D eigenvalue weighted by Gasteiger charge is -2.28. The summed E-state index contributed by atoms with van der Waals surface area (Å²) in [5.74, 6) is -0.671. The van der Waals surface area contributed by atoms with Crippen LogP contribution in [0.15, 0.2) is 24.3 Å². The molecule has 2 nitrogen and oxygen atoms in total. The van der Waals surface area contributed by atoms with E-state index >= 15 is 0 Å². The highest BCUT2D eigenvalue weighted by Gasteiger charge is 2.27. The average molecular weight is 235 g/mol. The van der Waals surface area contributed by atoms with Gasteiger partial charge < -0.3 is 5.32 Å². The van der Waals surface area contributed by atoms with Crippen molar-refractivity contribution >= 4 is 5.78 Å². The Morgan fingerprint density at radius 2 is 2.18 bits per heavy atom. The Morgan fingerprint density at radius 1 is 1.41 bits per heavy atom. The van der Waals surface area contributed by atoms with Crippen LogP contribution in [-0.4, -0.2) is 18.4 Å². The number of nitrogens with one attached hydrogen (secondary N) is 1. The van der Waals surface area contributed by atoms with Gasteiger partial charge in [0, 0.05) is 12.0 Å². The largest absolute Gasteiger partial charge is 0.313 e. The molecule has 3 heteroatoms. The lowest BCUT2D eigenvalue weighted by Crippen LogP contribution is -2.42. The highest BCUT2D eigenvalue weighted by atomic mass is 19.1. The maximum Gasteiger partial charge on any atom is 0.170 e. The topological polar surface area (TPSA) is 29.1 Å². The molecule has 2 atom stereocenters. The number of hydrogen-bond acceptors (Lipinski definition) is 2. The van der Waals surface area contributed by atoms with Crippen LogP contribution in [0.4, 0.5) is 4.39 Å². The van der Waals surface area contributed by atoms with Crippen molar-refractivity contribution in [2.45, 2.75) is 32.2 Å². The van der Waals surface area contributed by atoms with Gasteiger partial charge in [-0.3, -0.25) is 4.79 Å². The fraction of sp³-hybridized carbons (Fsp3) is 0.500. The standard InChI is InChI=1S/C14H18FNO/c1-10(13-8-4-5-9-16-13)14(17)11-6-2-3-7-12(11)15/h2-3,6-7,10,13,16H,4-5,8-9H2,1H3. The Hall–Kier alpha value is -1.22. The molecule has 0 aliphatic carbocycles. The number of hydrogen-bond donors (Lipinski definition) is 1. The molecule has 1 aliphatic rings. The molecule has 0 bridgehead atoms. The highest BCUT2D eigenvalue weighted by Crippen LogP contribution is 2.20. The van der Waals surface area contributed by atoms with E-state index in [-0.39, 0.29) is 23.3 Å². The molecular formula is C14H18FNO. The van der Waals surface area contributed by atoms with Gasteiger partial charge in [-0.1, -0.05) is 25.5 Å². The fourth-order valence-electron chi connectivity index (χ4n) is 2.39. The molecule has 1 aromatic carbocycles. The van der Waals surface area contributed by atoms with Gasteiger partial charge in [0.2, 0.25) is 0 Å². The molecule has 1 aromatic rings. The Labute approximate surface area is 101 Å². The lowest BCUT2D eigenvalue weighted by molar-refractivity contribution is 0.0887. The molecule has 92 valence electrons. The molecule has 0 amide bonds. The summed E-state index contributed by atoms with van der Waals surface area (Å²) in [7, 11) is 0. The summed E-state index contributed by atoms with van der Waals surface area (Å²) in [6.45, 7) is 2.84. The third-order valence-corrected chi connectivity index (χ3v) is 3.50. The zero-order valence-electron chi connectivity index (χ0n) is 10.1. The summed E-state index contributed by atoms with van der Waals surface area (Å²) < 4.78 is 13.5. The zero-order chi connectivity index (χ0) is 12.3. The van der Waals surface area contributed by atoms with E-state index in [1.165, 1.54) is 6.07 Å². The van der Waals surface area contributed by atoms with Crippen LogP contribution in [0.1, 0.15) is 36.5 Å². The normalized spacial score (nSPS) is 22.1. The van der Waals surface area contributed by atoms with Crippen molar-refractivity contribution in [2.75, 3.05) is 6.54 Å². The molecule has 2 rings (SSSR count). The first kappa shape index (κ1) is 12.2. The van der Waals surface area contributed by atoms with Crippen molar-refractivity contribution in [3.8, 4) is 0 Å².